The molecular weight excluding hydrogens is 456 g/mol. The van der Waals surface area contributed by atoms with Gasteiger partial charge in [-0.15, -0.1) is 0 Å². The lowest BCUT2D eigenvalue weighted by Gasteiger charge is -2.40. The van der Waals surface area contributed by atoms with Gasteiger partial charge < -0.3 is 50.0 Å². The molecule has 4 rings (SSSR count). The molecule has 1 aliphatic heterocycles. The molecule has 1 fully saturated rings. The molecule has 0 spiro atoms. The van der Waals surface area contributed by atoms with Crippen molar-refractivity contribution in [1.82, 2.24) is 0 Å². The minimum absolute atomic E-state index is 0.197. The number of carbonyl (C=O) groups excluding carboxylic acids is 2. The van der Waals surface area contributed by atoms with Gasteiger partial charge >= 0.3 is 0 Å². The second-order valence-electron chi connectivity index (χ2n) is 7.99. The summed E-state index contributed by atoms with van der Waals surface area (Å²) >= 11 is 0. The van der Waals surface area contributed by atoms with Crippen LogP contribution in [0.3, 0.4) is 0 Å². The Labute approximate surface area is 191 Å². The summed E-state index contributed by atoms with van der Waals surface area (Å²) in [5, 5.41) is 71.4. The molecule has 5 atom stereocenters. The van der Waals surface area contributed by atoms with Gasteiger partial charge in [-0.2, -0.15) is 0 Å². The van der Waals surface area contributed by atoms with Gasteiger partial charge in [0.25, 0.3) is 0 Å². The third-order valence-electron chi connectivity index (χ3n) is 5.83. The van der Waals surface area contributed by atoms with Crippen LogP contribution in [0.2, 0.25) is 0 Å². The SMILES string of the molecule is COc1c(O)c(O[C@@H]2O[C@H](CO)[C@@H](O)[C@H](O)[C@H]2O)c2c(c1O)C(=O)c1cc(C)cc(O)c1C2=O. The highest BCUT2D eigenvalue weighted by molar-refractivity contribution is 6.31. The van der Waals surface area contributed by atoms with Crippen LogP contribution in [0.1, 0.15) is 37.4 Å². The molecule has 2 aromatic rings. The number of carbonyl (C=O) groups is 2. The molecule has 182 valence electrons. The first-order chi connectivity index (χ1) is 16.0. The summed E-state index contributed by atoms with van der Waals surface area (Å²) in [6, 6.07) is 2.59. The van der Waals surface area contributed by atoms with Crippen LogP contribution in [0.15, 0.2) is 12.1 Å². The molecule has 1 saturated heterocycles. The number of aliphatic hydroxyl groups excluding tert-OH is 4. The van der Waals surface area contributed by atoms with Crippen LogP contribution in [0.4, 0.5) is 0 Å². The molecule has 0 radical (unpaired) electrons. The van der Waals surface area contributed by atoms with Gasteiger partial charge in [-0.25, -0.2) is 0 Å². The van der Waals surface area contributed by atoms with E-state index in [2.05, 4.69) is 0 Å². The molecule has 2 aliphatic rings. The van der Waals surface area contributed by atoms with E-state index in [9.17, 15) is 45.3 Å². The van der Waals surface area contributed by atoms with E-state index in [4.69, 9.17) is 14.2 Å². The number of rotatable bonds is 4. The summed E-state index contributed by atoms with van der Waals surface area (Å²) in [6.07, 6.45) is -8.66. The van der Waals surface area contributed by atoms with Gasteiger partial charge in [0.2, 0.25) is 23.6 Å². The second-order valence-corrected chi connectivity index (χ2v) is 7.99. The zero-order chi connectivity index (χ0) is 25.1. The van der Waals surface area contributed by atoms with E-state index >= 15 is 0 Å². The Balaban J connectivity index is 1.92. The number of aromatic hydroxyl groups is 3. The van der Waals surface area contributed by atoms with Crippen molar-refractivity contribution in [2.75, 3.05) is 13.7 Å². The fourth-order valence-electron chi connectivity index (χ4n) is 4.15. The lowest BCUT2D eigenvalue weighted by atomic mass is 9.81. The first-order valence-electron chi connectivity index (χ1n) is 10.1. The Kier molecular flexibility index (Phi) is 5.87. The molecular formula is C22H22O12. The number of aliphatic hydroxyl groups is 4. The zero-order valence-corrected chi connectivity index (χ0v) is 17.9. The van der Waals surface area contributed by atoms with Crippen molar-refractivity contribution in [2.24, 2.45) is 0 Å². The van der Waals surface area contributed by atoms with Crippen LogP contribution in [0, 0.1) is 6.92 Å². The van der Waals surface area contributed by atoms with Gasteiger partial charge in [-0.1, -0.05) is 0 Å². The van der Waals surface area contributed by atoms with Crippen LogP contribution >= 0.6 is 0 Å². The number of fused-ring (bicyclic) bond motifs is 2. The Hall–Kier alpha value is -3.42. The molecule has 34 heavy (non-hydrogen) atoms. The summed E-state index contributed by atoms with van der Waals surface area (Å²) in [6.45, 7) is 0.810. The molecule has 0 unspecified atom stereocenters. The largest absolute Gasteiger partial charge is 0.507 e. The summed E-state index contributed by atoms with van der Waals surface area (Å²) in [7, 11) is 1.07. The average molecular weight is 478 g/mol. The van der Waals surface area contributed by atoms with E-state index in [1.807, 2.05) is 0 Å². The van der Waals surface area contributed by atoms with E-state index in [-0.39, 0.29) is 5.56 Å². The molecule has 0 bridgehead atoms. The summed E-state index contributed by atoms with van der Waals surface area (Å²) in [5.41, 5.74) is -1.37. The first kappa shape index (κ1) is 23.7. The Morgan fingerprint density at radius 1 is 0.882 bits per heavy atom. The fourth-order valence-corrected chi connectivity index (χ4v) is 4.15. The number of hydrogen-bond acceptors (Lipinski definition) is 12. The fraction of sp³-hybridized carbons (Fsp3) is 0.364. The van der Waals surface area contributed by atoms with E-state index in [1.165, 1.54) is 12.1 Å². The molecule has 12 nitrogen and oxygen atoms in total. The van der Waals surface area contributed by atoms with Gasteiger partial charge in [0.05, 0.1) is 30.4 Å². The molecule has 1 heterocycles. The van der Waals surface area contributed by atoms with Crippen molar-refractivity contribution in [2.45, 2.75) is 37.6 Å². The minimum Gasteiger partial charge on any atom is -0.507 e. The smallest absolute Gasteiger partial charge is 0.229 e. The van der Waals surface area contributed by atoms with Crippen LogP contribution in [-0.4, -0.2) is 91.7 Å². The number of ketones is 2. The number of phenols is 3. The van der Waals surface area contributed by atoms with Crippen LogP contribution in [0.5, 0.6) is 28.7 Å². The van der Waals surface area contributed by atoms with E-state index in [0.717, 1.165) is 7.11 Å². The number of phenolic OH excluding ortho intramolecular Hbond substituents is 3. The summed E-state index contributed by atoms with van der Waals surface area (Å²) in [5.74, 6) is -5.56. The van der Waals surface area contributed by atoms with Crippen molar-refractivity contribution < 1.29 is 59.5 Å². The van der Waals surface area contributed by atoms with Gasteiger partial charge in [-0.3, -0.25) is 9.59 Å². The highest BCUT2D eigenvalue weighted by atomic mass is 16.7. The maximum atomic E-state index is 13.4. The lowest BCUT2D eigenvalue weighted by Crippen LogP contribution is -2.60. The number of benzene rings is 2. The molecule has 1 aliphatic carbocycles. The predicted octanol–water partition coefficient (Wildman–Crippen LogP) is -0.925. The summed E-state index contributed by atoms with van der Waals surface area (Å²) in [4.78, 5) is 26.6. The number of aryl methyl sites for hydroxylation is 1. The number of hydrogen-bond donors (Lipinski definition) is 7. The first-order valence-corrected chi connectivity index (χ1v) is 10.1. The molecule has 0 amide bonds. The number of ether oxygens (including phenoxy) is 3. The molecule has 0 aromatic heterocycles. The summed E-state index contributed by atoms with van der Waals surface area (Å²) < 4.78 is 15.7. The predicted molar refractivity (Wildman–Crippen MR) is 110 cm³/mol. The highest BCUT2D eigenvalue weighted by Crippen LogP contribution is 2.52. The van der Waals surface area contributed by atoms with Crippen LogP contribution < -0.4 is 9.47 Å². The Morgan fingerprint density at radius 3 is 2.18 bits per heavy atom. The van der Waals surface area contributed by atoms with Crippen molar-refractivity contribution >= 4 is 11.6 Å². The van der Waals surface area contributed by atoms with Gasteiger partial charge in [0, 0.05) is 5.56 Å². The molecule has 12 heteroatoms. The quantitative estimate of drug-likeness (QED) is 0.243. The third kappa shape index (κ3) is 3.35. The van der Waals surface area contributed by atoms with E-state index < -0.39 is 94.3 Å². The Bertz CT molecular complexity index is 1190. The number of methoxy groups -OCH3 is 1. The van der Waals surface area contributed by atoms with Crippen LogP contribution in [-0.2, 0) is 4.74 Å². The van der Waals surface area contributed by atoms with Crippen LogP contribution in [0.25, 0.3) is 0 Å². The highest BCUT2D eigenvalue weighted by Gasteiger charge is 2.47. The third-order valence-corrected chi connectivity index (χ3v) is 5.83. The van der Waals surface area contributed by atoms with Crippen molar-refractivity contribution in [3.05, 3.63) is 39.9 Å². The topological polar surface area (TPSA) is 203 Å². The van der Waals surface area contributed by atoms with Gasteiger partial charge in [0.15, 0.2) is 17.3 Å². The molecule has 7 N–H and O–H groups in total. The monoisotopic (exact) mass is 478 g/mol. The molecule has 2 aromatic carbocycles. The normalized spacial score (nSPS) is 26.1. The van der Waals surface area contributed by atoms with Crippen molar-refractivity contribution in [3.8, 4) is 28.7 Å². The van der Waals surface area contributed by atoms with E-state index in [1.54, 1.807) is 6.92 Å². The maximum Gasteiger partial charge on any atom is 0.229 e. The average Bonchev–Trinajstić information content (AvgIpc) is 2.79. The van der Waals surface area contributed by atoms with Gasteiger partial charge in [0.1, 0.15) is 30.2 Å². The second kappa shape index (κ2) is 8.42. The standard InChI is InChI=1S/C22H22O12/c1-6-3-7-10(8(24)4-6)15(27)12-11(13(7)25)16(28)21(32-2)19(31)20(12)34-22-18(30)17(29)14(26)9(5-23)33-22/h3-4,9,14,17-18,22-24,26,28-31H,5H2,1-2H3/t9-,14-,17+,18-,22+/m1/s1. The van der Waals surface area contributed by atoms with Crippen molar-refractivity contribution in [3.63, 3.8) is 0 Å². The minimum atomic E-state index is -1.91. The van der Waals surface area contributed by atoms with E-state index in [0.29, 0.717) is 5.56 Å². The maximum absolute atomic E-state index is 13.4. The van der Waals surface area contributed by atoms with Gasteiger partial charge in [-0.05, 0) is 24.6 Å². The molecule has 0 saturated carbocycles. The lowest BCUT2D eigenvalue weighted by molar-refractivity contribution is -0.277. The Morgan fingerprint density at radius 2 is 1.56 bits per heavy atom. The van der Waals surface area contributed by atoms with Crippen molar-refractivity contribution in [1.29, 1.82) is 0 Å². The zero-order valence-electron chi connectivity index (χ0n) is 17.9.